The molecule has 15 nitrogen and oxygen atoms in total. The van der Waals surface area contributed by atoms with Crippen LogP contribution in [-0.2, 0) is 46.4 Å². The summed E-state index contributed by atoms with van der Waals surface area (Å²) in [5, 5.41) is 31.9. The normalized spacial score (nSPS) is 14.4. The van der Waals surface area contributed by atoms with E-state index in [2.05, 4.69) is 26.6 Å². The maximum Gasteiger partial charge on any atom is 0.326 e. The molecule has 5 amide bonds. The lowest BCUT2D eigenvalue weighted by atomic mass is 9.98. The van der Waals surface area contributed by atoms with Crippen molar-refractivity contribution < 1.29 is 43.8 Å². The summed E-state index contributed by atoms with van der Waals surface area (Å²) in [6.07, 6.45) is 1.55. The summed E-state index contributed by atoms with van der Waals surface area (Å²) in [6, 6.07) is 11.1. The average Bonchev–Trinajstić information content (AvgIpc) is 3.13. The number of benzene rings is 2. The molecule has 0 aliphatic carbocycles. The molecule has 0 aliphatic rings. The number of nitrogens with one attached hydrogen (secondary N) is 5. The van der Waals surface area contributed by atoms with E-state index in [4.69, 9.17) is 5.73 Å². The van der Waals surface area contributed by atoms with E-state index in [-0.39, 0.29) is 38.0 Å². The maximum atomic E-state index is 13.9. The molecular weight excluding hydrogens is 729 g/mol. The van der Waals surface area contributed by atoms with Crippen molar-refractivity contribution in [1.82, 2.24) is 26.6 Å². The van der Waals surface area contributed by atoms with Gasteiger partial charge in [0.15, 0.2) is 0 Å². The summed E-state index contributed by atoms with van der Waals surface area (Å²) in [5.74, 6) is -6.29. The number of rotatable bonds is 24. The molecule has 0 aromatic heterocycles. The summed E-state index contributed by atoms with van der Waals surface area (Å²) in [4.78, 5) is 91.0. The molecule has 0 unspecified atom stereocenters. The highest BCUT2D eigenvalue weighted by molar-refractivity contribution is 7.98. The molecule has 0 fully saturated rings. The van der Waals surface area contributed by atoms with Gasteiger partial charge in [-0.3, -0.25) is 28.8 Å². The Morgan fingerprint density at radius 3 is 1.62 bits per heavy atom. The van der Waals surface area contributed by atoms with Crippen LogP contribution < -0.4 is 32.3 Å². The highest BCUT2D eigenvalue weighted by Crippen LogP contribution is 2.12. The van der Waals surface area contributed by atoms with Gasteiger partial charge in [-0.1, -0.05) is 88.4 Å². The Hall–Kier alpha value is -4.96. The van der Waals surface area contributed by atoms with Gasteiger partial charge in [0.1, 0.15) is 30.2 Å². The lowest BCUT2D eigenvalue weighted by Gasteiger charge is -2.29. The van der Waals surface area contributed by atoms with E-state index in [1.54, 1.807) is 44.4 Å². The molecule has 55 heavy (non-hydrogen) atoms. The standard InChI is InChI=1S/C39H56N6O9S/c1-23(2)20-30(44-36(50)31(22-26-14-10-7-11-15-26)43-34(48)27(40)21-25-12-8-6-9-13-25)37(51)45-33(24(3)4)38(52)41-28(16-17-32(46)47)35(49)42-29(39(53)54)18-19-55-5/h6-15,23-24,27-31,33H,16-22,40H2,1-5H3,(H,41,52)(H,42,49)(H,43,48)(H,44,50)(H,45,51)(H,46,47)(H,53,54)/t27-,28-,29-,30-,31-,33-/m0/s1. The van der Waals surface area contributed by atoms with Crippen LogP contribution in [0.1, 0.15) is 64.5 Å². The minimum absolute atomic E-state index is 0.0961. The Morgan fingerprint density at radius 2 is 1.11 bits per heavy atom. The van der Waals surface area contributed by atoms with Gasteiger partial charge in [-0.05, 0) is 60.7 Å². The summed E-state index contributed by atoms with van der Waals surface area (Å²) in [5.41, 5.74) is 7.83. The molecule has 2 aromatic rings. The van der Waals surface area contributed by atoms with Gasteiger partial charge < -0.3 is 42.5 Å². The van der Waals surface area contributed by atoms with E-state index >= 15 is 0 Å². The topological polar surface area (TPSA) is 246 Å². The van der Waals surface area contributed by atoms with Crippen molar-refractivity contribution in [3.63, 3.8) is 0 Å². The van der Waals surface area contributed by atoms with Gasteiger partial charge in [0, 0.05) is 12.8 Å². The van der Waals surface area contributed by atoms with Crippen LogP contribution in [0.15, 0.2) is 60.7 Å². The Bertz CT molecular complexity index is 1580. The van der Waals surface area contributed by atoms with Crippen molar-refractivity contribution >= 4 is 53.2 Å². The van der Waals surface area contributed by atoms with Gasteiger partial charge in [-0.25, -0.2) is 4.79 Å². The molecule has 0 heterocycles. The zero-order valence-corrected chi connectivity index (χ0v) is 32.9. The molecule has 0 saturated carbocycles. The summed E-state index contributed by atoms with van der Waals surface area (Å²) >= 11 is 1.38. The van der Waals surface area contributed by atoms with Gasteiger partial charge >= 0.3 is 11.9 Å². The number of aliphatic carboxylic acids is 2. The molecule has 0 bridgehead atoms. The lowest BCUT2D eigenvalue weighted by molar-refractivity contribution is -0.143. The summed E-state index contributed by atoms with van der Waals surface area (Å²) in [6.45, 7) is 7.00. The maximum absolute atomic E-state index is 13.9. The molecule has 302 valence electrons. The van der Waals surface area contributed by atoms with Crippen molar-refractivity contribution in [2.75, 3.05) is 12.0 Å². The fourth-order valence-corrected chi connectivity index (χ4v) is 6.10. The van der Waals surface area contributed by atoms with Gasteiger partial charge in [0.25, 0.3) is 0 Å². The van der Waals surface area contributed by atoms with Crippen LogP contribution in [0.3, 0.4) is 0 Å². The fourth-order valence-electron chi connectivity index (χ4n) is 5.63. The number of carboxylic acids is 2. The number of carbonyl (C=O) groups excluding carboxylic acids is 5. The van der Waals surface area contributed by atoms with E-state index in [1.165, 1.54) is 11.8 Å². The molecule has 9 N–H and O–H groups in total. The third kappa shape index (κ3) is 16.9. The van der Waals surface area contributed by atoms with Crippen LogP contribution in [0.5, 0.6) is 0 Å². The number of hydrogen-bond acceptors (Lipinski definition) is 9. The Morgan fingerprint density at radius 1 is 0.618 bits per heavy atom. The Balaban J connectivity index is 2.28. The zero-order valence-electron chi connectivity index (χ0n) is 32.1. The lowest BCUT2D eigenvalue weighted by Crippen LogP contribution is -2.60. The van der Waals surface area contributed by atoms with E-state index in [0.717, 1.165) is 11.1 Å². The molecule has 16 heteroatoms. The monoisotopic (exact) mass is 784 g/mol. The second kappa shape index (κ2) is 23.7. The fraction of sp³-hybridized carbons (Fsp3) is 0.513. The molecule has 6 atom stereocenters. The summed E-state index contributed by atoms with van der Waals surface area (Å²) in [7, 11) is 0. The van der Waals surface area contributed by atoms with Gasteiger partial charge in [-0.2, -0.15) is 11.8 Å². The van der Waals surface area contributed by atoms with Crippen LogP contribution in [0.25, 0.3) is 0 Å². The van der Waals surface area contributed by atoms with Crippen molar-refractivity contribution in [2.24, 2.45) is 17.6 Å². The number of thioether (sulfide) groups is 1. The van der Waals surface area contributed by atoms with Crippen LogP contribution in [0.2, 0.25) is 0 Å². The largest absolute Gasteiger partial charge is 0.481 e. The smallest absolute Gasteiger partial charge is 0.326 e. The number of hydrogen-bond donors (Lipinski definition) is 8. The number of nitrogens with two attached hydrogens (primary N) is 1. The zero-order chi connectivity index (χ0) is 41.1. The minimum atomic E-state index is -1.42. The highest BCUT2D eigenvalue weighted by atomic mass is 32.2. The van der Waals surface area contributed by atoms with Crippen LogP contribution in [0, 0.1) is 11.8 Å². The third-order valence-corrected chi connectivity index (χ3v) is 9.29. The average molecular weight is 785 g/mol. The van der Waals surface area contributed by atoms with Crippen molar-refractivity contribution in [3.05, 3.63) is 71.8 Å². The van der Waals surface area contributed by atoms with Crippen molar-refractivity contribution in [1.29, 1.82) is 0 Å². The second-order valence-electron chi connectivity index (χ2n) is 14.1. The second-order valence-corrected chi connectivity index (χ2v) is 15.1. The van der Waals surface area contributed by atoms with Gasteiger partial charge in [0.2, 0.25) is 29.5 Å². The number of carbonyl (C=O) groups is 7. The van der Waals surface area contributed by atoms with Crippen molar-refractivity contribution in [3.8, 4) is 0 Å². The highest BCUT2D eigenvalue weighted by Gasteiger charge is 2.34. The molecule has 0 aliphatic heterocycles. The third-order valence-electron chi connectivity index (χ3n) is 8.64. The molecule has 0 saturated heterocycles. The van der Waals surface area contributed by atoms with Crippen LogP contribution in [-0.4, -0.2) is 99.9 Å². The van der Waals surface area contributed by atoms with Crippen molar-refractivity contribution in [2.45, 2.75) is 102 Å². The van der Waals surface area contributed by atoms with E-state index in [0.29, 0.717) is 5.75 Å². The first kappa shape index (κ1) is 46.2. The first-order valence-corrected chi connectivity index (χ1v) is 19.7. The van der Waals surface area contributed by atoms with Crippen LogP contribution >= 0.6 is 11.8 Å². The quantitative estimate of drug-likeness (QED) is 0.0760. The van der Waals surface area contributed by atoms with E-state index < -0.39 is 90.1 Å². The SMILES string of the molecule is CSCC[C@H](NC(=O)[C@H](CCC(=O)O)NC(=O)[C@@H](NC(=O)[C@H](CC(C)C)NC(=O)[C@H](Cc1ccccc1)NC(=O)[C@@H](N)Cc1ccccc1)C(C)C)C(=O)O. The molecule has 2 rings (SSSR count). The van der Waals surface area contributed by atoms with E-state index in [1.807, 2.05) is 50.2 Å². The number of amides is 5. The first-order chi connectivity index (χ1) is 26.0. The first-order valence-electron chi connectivity index (χ1n) is 18.3. The molecule has 2 aromatic carbocycles. The Labute approximate surface area is 326 Å². The minimum Gasteiger partial charge on any atom is -0.481 e. The predicted molar refractivity (Wildman–Crippen MR) is 210 cm³/mol. The van der Waals surface area contributed by atoms with Crippen LogP contribution in [0.4, 0.5) is 0 Å². The summed E-state index contributed by atoms with van der Waals surface area (Å²) < 4.78 is 0. The predicted octanol–water partition coefficient (Wildman–Crippen LogP) is 1.63. The van der Waals surface area contributed by atoms with E-state index in [9.17, 15) is 43.8 Å². The molecule has 0 radical (unpaired) electrons. The van der Waals surface area contributed by atoms with Gasteiger partial charge in [-0.15, -0.1) is 0 Å². The molecular formula is C39H56N6O9S. The number of carboxylic acid groups (broad SMARTS) is 2. The molecule has 0 spiro atoms. The van der Waals surface area contributed by atoms with Gasteiger partial charge in [0.05, 0.1) is 6.04 Å². The Kier molecular flexibility index (Phi) is 19.9.